The third-order valence-corrected chi connectivity index (χ3v) is 9.36. The number of carbonyl (C=O) groups excluding carboxylic acids is 2. The number of aromatic amines is 2. The van der Waals surface area contributed by atoms with E-state index in [4.69, 9.17) is 0 Å². The van der Waals surface area contributed by atoms with Gasteiger partial charge in [-0.3, -0.25) is 9.59 Å². The number of hydrogen-bond acceptors (Lipinski definition) is 4. The highest BCUT2D eigenvalue weighted by atomic mass is 19.3. The topological polar surface area (TPSA) is 116 Å². The number of amides is 2. The molecule has 2 aromatic heterocycles. The van der Waals surface area contributed by atoms with Crippen molar-refractivity contribution in [2.75, 3.05) is 13.1 Å². The minimum atomic E-state index is -2.59. The summed E-state index contributed by atoms with van der Waals surface area (Å²) >= 11 is 0. The number of aromatic nitrogens is 4. The average molecular weight is 665 g/mol. The van der Waals surface area contributed by atoms with Crippen LogP contribution in [0, 0.1) is 11.8 Å². The number of rotatable bonds is 13. The van der Waals surface area contributed by atoms with Gasteiger partial charge in [0.05, 0.1) is 23.8 Å². The predicted octanol–water partition coefficient (Wildman–Crippen LogP) is 7.44. The fourth-order valence-electron chi connectivity index (χ4n) is 6.42. The van der Waals surface area contributed by atoms with E-state index in [1.54, 1.807) is 12.4 Å². The minimum absolute atomic E-state index is 0.157. The monoisotopic (exact) mass is 664 g/mol. The van der Waals surface area contributed by atoms with Gasteiger partial charge in [-0.15, -0.1) is 0 Å². The summed E-state index contributed by atoms with van der Waals surface area (Å²) in [7, 11) is 0. The van der Waals surface area contributed by atoms with Crippen molar-refractivity contribution in [1.82, 2.24) is 30.6 Å². The number of imidazole rings is 2. The summed E-state index contributed by atoms with van der Waals surface area (Å²) in [4.78, 5) is 40.2. The zero-order chi connectivity index (χ0) is 34.1. The van der Waals surface area contributed by atoms with E-state index in [2.05, 4.69) is 30.6 Å². The van der Waals surface area contributed by atoms with E-state index < -0.39 is 11.8 Å². The van der Waals surface area contributed by atoms with Crippen LogP contribution in [0.2, 0.25) is 0 Å². The molecular weight excluding hydrogens is 624 g/mol. The second-order valence-electron chi connectivity index (χ2n) is 13.6. The van der Waals surface area contributed by atoms with Gasteiger partial charge in [-0.1, -0.05) is 62.4 Å². The van der Waals surface area contributed by atoms with Gasteiger partial charge in [0, 0.05) is 63.5 Å². The maximum atomic E-state index is 13.0. The van der Waals surface area contributed by atoms with Crippen molar-refractivity contribution >= 4 is 11.8 Å². The van der Waals surface area contributed by atoms with Crippen molar-refractivity contribution in [2.24, 2.45) is 11.8 Å². The van der Waals surface area contributed by atoms with E-state index in [0.29, 0.717) is 11.6 Å². The van der Waals surface area contributed by atoms with Crippen LogP contribution in [0.15, 0.2) is 60.9 Å². The number of nitrogens with zero attached hydrogens (tertiary/aromatic N) is 2. The van der Waals surface area contributed by atoms with E-state index in [0.717, 1.165) is 33.6 Å². The third kappa shape index (κ3) is 8.14. The molecular formula is C36H40F4N6O2. The molecule has 2 amide bonds. The molecule has 0 radical (unpaired) electrons. The molecule has 2 fully saturated rings. The van der Waals surface area contributed by atoms with Gasteiger partial charge >= 0.3 is 0 Å². The quantitative estimate of drug-likeness (QED) is 0.111. The molecule has 48 heavy (non-hydrogen) atoms. The van der Waals surface area contributed by atoms with Gasteiger partial charge in [0.25, 0.3) is 0 Å². The highest BCUT2D eigenvalue weighted by molar-refractivity contribution is 5.77. The molecule has 4 N–H and O–H groups in total. The Kier molecular flexibility index (Phi) is 9.44. The Balaban J connectivity index is 0.984. The van der Waals surface area contributed by atoms with E-state index in [-0.39, 0.29) is 87.1 Å². The van der Waals surface area contributed by atoms with Crippen LogP contribution in [0.1, 0.15) is 75.9 Å². The Morgan fingerprint density at radius 3 is 1.33 bits per heavy atom. The molecule has 0 bridgehead atoms. The lowest BCUT2D eigenvalue weighted by atomic mass is 9.81. The van der Waals surface area contributed by atoms with Crippen LogP contribution < -0.4 is 10.6 Å². The van der Waals surface area contributed by atoms with Crippen molar-refractivity contribution < 1.29 is 27.2 Å². The summed E-state index contributed by atoms with van der Waals surface area (Å²) in [5.74, 6) is -4.77. The fourth-order valence-corrected chi connectivity index (χ4v) is 6.42. The Hall–Kier alpha value is -4.48. The number of carbonyl (C=O) groups is 2. The zero-order valence-electron chi connectivity index (χ0n) is 27.0. The van der Waals surface area contributed by atoms with Crippen LogP contribution in [0.5, 0.6) is 0 Å². The molecule has 0 aliphatic heterocycles. The highest BCUT2D eigenvalue weighted by Crippen LogP contribution is 2.42. The van der Waals surface area contributed by atoms with E-state index >= 15 is 0 Å². The van der Waals surface area contributed by atoms with Crippen molar-refractivity contribution in [1.29, 1.82) is 0 Å². The first-order chi connectivity index (χ1) is 22.8. The molecule has 0 spiro atoms. The second-order valence-corrected chi connectivity index (χ2v) is 13.6. The number of alkyl halides is 4. The molecule has 4 aromatic rings. The fraction of sp³-hybridized carbons (Fsp3) is 0.444. The van der Waals surface area contributed by atoms with Gasteiger partial charge < -0.3 is 20.6 Å². The van der Waals surface area contributed by atoms with Gasteiger partial charge in [-0.2, -0.15) is 0 Å². The Labute approximate surface area is 276 Å². The lowest BCUT2D eigenvalue weighted by Gasteiger charge is -2.34. The Morgan fingerprint density at radius 1 is 0.667 bits per heavy atom. The van der Waals surface area contributed by atoms with Crippen LogP contribution >= 0.6 is 0 Å². The molecule has 8 nitrogen and oxygen atoms in total. The predicted molar refractivity (Wildman–Crippen MR) is 174 cm³/mol. The first-order valence-electron chi connectivity index (χ1n) is 16.4. The van der Waals surface area contributed by atoms with Crippen molar-refractivity contribution in [3.63, 3.8) is 0 Å². The third-order valence-electron chi connectivity index (χ3n) is 9.36. The smallest absolute Gasteiger partial charge is 0.248 e. The number of H-pyrrole nitrogens is 2. The van der Waals surface area contributed by atoms with Crippen molar-refractivity contribution in [3.8, 4) is 33.6 Å². The van der Waals surface area contributed by atoms with Gasteiger partial charge in [0.2, 0.25) is 23.7 Å². The summed E-state index contributed by atoms with van der Waals surface area (Å²) in [6, 6.07) is 16.1. The first-order valence-corrected chi connectivity index (χ1v) is 16.4. The van der Waals surface area contributed by atoms with Gasteiger partial charge in [-0.05, 0) is 34.1 Å². The first kappa shape index (κ1) is 33.4. The standard InChI is InChI=1S/C36H40F4N6O2/c1-21(11-31(47)41-17-23-13-35(37,38)14-23)33-43-19-29(45-33)27-7-3-25(4-8-27)26-5-9-28(10-6-26)30-20-44-34(46-30)22(2)12-32(48)42-18-24-15-36(39,40)16-24/h3-10,19-24H,11-18H2,1-2H3,(H,41,47)(H,42,48)(H,43,45)(H,44,46)/t21-,22-/m1/s1. The molecule has 6 rings (SSSR count). The van der Waals surface area contributed by atoms with E-state index in [9.17, 15) is 27.2 Å². The largest absolute Gasteiger partial charge is 0.356 e. The minimum Gasteiger partial charge on any atom is -0.356 e. The van der Waals surface area contributed by atoms with Crippen molar-refractivity contribution in [3.05, 3.63) is 72.6 Å². The molecule has 254 valence electrons. The zero-order valence-corrected chi connectivity index (χ0v) is 27.0. The van der Waals surface area contributed by atoms with Gasteiger partial charge in [0.15, 0.2) is 0 Å². The van der Waals surface area contributed by atoms with Gasteiger partial charge in [-0.25, -0.2) is 27.5 Å². The van der Waals surface area contributed by atoms with Crippen LogP contribution in [0.3, 0.4) is 0 Å². The summed E-state index contributed by atoms with van der Waals surface area (Å²) in [6.07, 6.45) is 3.27. The maximum Gasteiger partial charge on any atom is 0.248 e. The van der Waals surface area contributed by atoms with E-state index in [1.807, 2.05) is 62.4 Å². The Morgan fingerprint density at radius 2 is 1.00 bits per heavy atom. The lowest BCUT2D eigenvalue weighted by Crippen LogP contribution is -2.42. The molecule has 0 saturated heterocycles. The molecule has 12 heteroatoms. The SMILES string of the molecule is C[C@H](CC(=O)NCC1CC(F)(F)C1)c1ncc(-c2ccc(-c3ccc(-c4cnc([C@H](C)CC(=O)NCC5CC(F)(F)C5)[nH]4)cc3)cc2)[nH]1. The summed E-state index contributed by atoms with van der Waals surface area (Å²) in [5.41, 5.74) is 5.65. The van der Waals surface area contributed by atoms with Crippen LogP contribution in [-0.4, -0.2) is 56.7 Å². The average Bonchev–Trinajstić information content (AvgIpc) is 3.72. The normalized spacial score (nSPS) is 18.4. The summed E-state index contributed by atoms with van der Waals surface area (Å²) in [5, 5.41) is 5.54. The number of nitrogens with one attached hydrogen (secondary N) is 4. The molecule has 0 unspecified atom stereocenters. The van der Waals surface area contributed by atoms with Crippen LogP contribution in [0.25, 0.3) is 33.6 Å². The number of hydrogen-bond donors (Lipinski definition) is 4. The van der Waals surface area contributed by atoms with E-state index in [1.165, 1.54) is 0 Å². The van der Waals surface area contributed by atoms with Crippen LogP contribution in [-0.2, 0) is 9.59 Å². The van der Waals surface area contributed by atoms with Gasteiger partial charge in [0.1, 0.15) is 11.6 Å². The Bertz CT molecular complexity index is 1590. The lowest BCUT2D eigenvalue weighted by molar-refractivity contribution is -0.126. The molecule has 2 aliphatic rings. The molecule has 2 saturated carbocycles. The number of halogens is 4. The summed E-state index contributed by atoms with van der Waals surface area (Å²) in [6.45, 7) is 4.37. The molecule has 2 aromatic carbocycles. The molecule has 2 heterocycles. The molecule has 2 atom stereocenters. The van der Waals surface area contributed by atoms with Crippen LogP contribution in [0.4, 0.5) is 17.6 Å². The summed E-state index contributed by atoms with van der Waals surface area (Å²) < 4.78 is 52.1. The molecule has 2 aliphatic carbocycles. The highest BCUT2D eigenvalue weighted by Gasteiger charge is 2.45. The van der Waals surface area contributed by atoms with Crippen molar-refractivity contribution in [2.45, 2.75) is 76.1 Å². The maximum absolute atomic E-state index is 13.0. The number of benzene rings is 2. The second kappa shape index (κ2) is 13.6.